The summed E-state index contributed by atoms with van der Waals surface area (Å²) in [6, 6.07) is 10.6. The van der Waals surface area contributed by atoms with Gasteiger partial charge in [-0.2, -0.15) is 17.0 Å². The Labute approximate surface area is 181 Å². The first-order valence-electron chi connectivity index (χ1n) is 9.94. The van der Waals surface area contributed by atoms with Gasteiger partial charge >= 0.3 is 0 Å². The molecule has 3 aromatic rings. The Morgan fingerprint density at radius 2 is 2.00 bits per heavy atom. The molecule has 0 bridgehead atoms. The van der Waals surface area contributed by atoms with Gasteiger partial charge in [-0.3, -0.25) is 4.40 Å². The number of fused-ring (bicyclic) bond motifs is 4. The first-order valence-corrected chi connectivity index (χ1v) is 11.1. The van der Waals surface area contributed by atoms with Crippen molar-refractivity contribution in [1.82, 2.24) is 9.38 Å². The summed E-state index contributed by atoms with van der Waals surface area (Å²) in [5.41, 5.74) is 6.04. The van der Waals surface area contributed by atoms with Crippen LogP contribution in [0.3, 0.4) is 0 Å². The number of pyridine rings is 1. The zero-order valence-corrected chi connectivity index (χ0v) is 18.2. The quantitative estimate of drug-likeness (QED) is 0.663. The molecule has 5 nitrogen and oxygen atoms in total. The lowest BCUT2D eigenvalue weighted by Crippen LogP contribution is -2.41. The molecule has 0 atom stereocenters. The van der Waals surface area contributed by atoms with Crippen molar-refractivity contribution in [2.24, 2.45) is 5.41 Å². The van der Waals surface area contributed by atoms with Gasteiger partial charge in [-0.1, -0.05) is 19.1 Å². The number of halogens is 1. The number of benzene rings is 1. The van der Waals surface area contributed by atoms with Crippen LogP contribution in [0.4, 0.5) is 5.82 Å². The molecule has 1 saturated heterocycles. The first-order chi connectivity index (χ1) is 13.6. The normalized spacial score (nSPS) is 18.3. The van der Waals surface area contributed by atoms with Crippen molar-refractivity contribution >= 4 is 46.7 Å². The molecular formula is C22H25ClN4OS. The molecule has 2 aliphatic rings. The molecule has 4 heterocycles. The fraction of sp³-hybridized carbons (Fsp3) is 0.455. The summed E-state index contributed by atoms with van der Waals surface area (Å²) in [6.07, 6.45) is 2.87. The SMILES string of the molecule is CC1(CO)CCN(c2c3c(c(C#N)c4nc5ccccc5n24)CCSC3)CC1.Cl. The van der Waals surface area contributed by atoms with Crippen LogP contribution in [-0.2, 0) is 12.2 Å². The highest BCUT2D eigenvalue weighted by Gasteiger charge is 2.33. The second-order valence-electron chi connectivity index (χ2n) is 8.29. The summed E-state index contributed by atoms with van der Waals surface area (Å²) in [7, 11) is 0. The molecule has 7 heteroatoms. The van der Waals surface area contributed by atoms with Gasteiger partial charge in [0.1, 0.15) is 11.9 Å². The van der Waals surface area contributed by atoms with Crippen molar-refractivity contribution in [3.8, 4) is 6.07 Å². The number of aliphatic hydroxyl groups is 1. The Balaban J connectivity index is 0.00000205. The van der Waals surface area contributed by atoms with Crippen LogP contribution in [0.2, 0.25) is 0 Å². The predicted octanol–water partition coefficient (Wildman–Crippen LogP) is 4.17. The van der Waals surface area contributed by atoms with Crippen molar-refractivity contribution in [2.75, 3.05) is 30.3 Å². The van der Waals surface area contributed by atoms with E-state index in [0.717, 1.165) is 66.1 Å². The molecule has 0 amide bonds. The molecule has 1 N–H and O–H groups in total. The minimum atomic E-state index is 0. The Kier molecular flexibility index (Phi) is 5.41. The van der Waals surface area contributed by atoms with Crippen molar-refractivity contribution in [2.45, 2.75) is 31.9 Å². The fourth-order valence-corrected chi connectivity index (χ4v) is 5.61. The van der Waals surface area contributed by atoms with E-state index in [0.29, 0.717) is 0 Å². The number of aromatic nitrogens is 2. The molecule has 29 heavy (non-hydrogen) atoms. The molecule has 2 aromatic heterocycles. The number of piperidine rings is 1. The lowest BCUT2D eigenvalue weighted by molar-refractivity contribution is 0.114. The van der Waals surface area contributed by atoms with Crippen LogP contribution in [0, 0.1) is 16.7 Å². The van der Waals surface area contributed by atoms with Crippen LogP contribution in [0.15, 0.2) is 24.3 Å². The topological polar surface area (TPSA) is 64.6 Å². The summed E-state index contributed by atoms with van der Waals surface area (Å²) in [4.78, 5) is 7.32. The largest absolute Gasteiger partial charge is 0.396 e. The number of hydrogen-bond acceptors (Lipinski definition) is 5. The van der Waals surface area contributed by atoms with Gasteiger partial charge in [0.05, 0.1) is 16.6 Å². The van der Waals surface area contributed by atoms with E-state index in [1.807, 2.05) is 30.0 Å². The number of anilines is 1. The van der Waals surface area contributed by atoms with Gasteiger partial charge in [-0.25, -0.2) is 4.98 Å². The van der Waals surface area contributed by atoms with Gasteiger partial charge in [-0.05, 0) is 48.1 Å². The van der Waals surface area contributed by atoms with E-state index in [9.17, 15) is 10.4 Å². The second-order valence-corrected chi connectivity index (χ2v) is 9.39. The maximum absolute atomic E-state index is 9.97. The van der Waals surface area contributed by atoms with Crippen molar-refractivity contribution < 1.29 is 5.11 Å². The van der Waals surface area contributed by atoms with Crippen molar-refractivity contribution in [1.29, 1.82) is 5.26 Å². The fourth-order valence-electron chi connectivity index (χ4n) is 4.61. The molecule has 152 valence electrons. The van der Waals surface area contributed by atoms with Gasteiger partial charge in [-0.15, -0.1) is 12.4 Å². The molecular weight excluding hydrogens is 404 g/mol. The Morgan fingerprint density at radius 1 is 1.24 bits per heavy atom. The number of imidazole rings is 1. The third kappa shape index (κ3) is 3.16. The maximum Gasteiger partial charge on any atom is 0.157 e. The highest BCUT2D eigenvalue weighted by molar-refractivity contribution is 7.98. The van der Waals surface area contributed by atoms with E-state index in [4.69, 9.17) is 4.98 Å². The van der Waals surface area contributed by atoms with Gasteiger partial charge < -0.3 is 10.0 Å². The highest BCUT2D eigenvalue weighted by Crippen LogP contribution is 2.41. The molecule has 2 aliphatic heterocycles. The van der Waals surface area contributed by atoms with Gasteiger partial charge in [0, 0.05) is 31.0 Å². The summed E-state index contributed by atoms with van der Waals surface area (Å²) >= 11 is 1.95. The lowest BCUT2D eigenvalue weighted by atomic mass is 9.81. The number of rotatable bonds is 2. The number of hydrogen-bond donors (Lipinski definition) is 1. The molecule has 1 fully saturated rings. The molecule has 0 unspecified atom stereocenters. The smallest absolute Gasteiger partial charge is 0.157 e. The Bertz CT molecular complexity index is 1110. The van der Waals surface area contributed by atoms with E-state index in [1.165, 1.54) is 16.9 Å². The second kappa shape index (κ2) is 7.71. The van der Waals surface area contributed by atoms with Crippen LogP contribution >= 0.6 is 24.2 Å². The number of aliphatic hydroxyl groups excluding tert-OH is 1. The van der Waals surface area contributed by atoms with Crippen LogP contribution in [0.5, 0.6) is 0 Å². The first kappa shape index (κ1) is 20.3. The predicted molar refractivity (Wildman–Crippen MR) is 121 cm³/mol. The lowest BCUT2D eigenvalue weighted by Gasteiger charge is -2.41. The van der Waals surface area contributed by atoms with Crippen LogP contribution in [0.1, 0.15) is 36.5 Å². The minimum absolute atomic E-state index is 0. The minimum Gasteiger partial charge on any atom is -0.396 e. The van der Waals surface area contributed by atoms with Crippen LogP contribution in [0.25, 0.3) is 16.7 Å². The van der Waals surface area contributed by atoms with Gasteiger partial charge in [0.2, 0.25) is 0 Å². The zero-order chi connectivity index (χ0) is 19.3. The van der Waals surface area contributed by atoms with E-state index < -0.39 is 0 Å². The van der Waals surface area contributed by atoms with E-state index >= 15 is 0 Å². The Morgan fingerprint density at radius 3 is 2.72 bits per heavy atom. The number of nitriles is 1. The molecule has 0 radical (unpaired) electrons. The highest BCUT2D eigenvalue weighted by atomic mass is 35.5. The van der Waals surface area contributed by atoms with E-state index in [1.54, 1.807) is 0 Å². The van der Waals surface area contributed by atoms with E-state index in [2.05, 4.69) is 28.4 Å². The molecule has 0 spiro atoms. The van der Waals surface area contributed by atoms with E-state index in [-0.39, 0.29) is 24.4 Å². The summed E-state index contributed by atoms with van der Waals surface area (Å²) in [5.74, 6) is 3.21. The number of nitrogens with zero attached hydrogens (tertiary/aromatic N) is 4. The monoisotopic (exact) mass is 428 g/mol. The Hall–Kier alpha value is -1.94. The van der Waals surface area contributed by atoms with Gasteiger partial charge in [0.15, 0.2) is 5.65 Å². The maximum atomic E-state index is 9.97. The molecule has 0 saturated carbocycles. The average Bonchev–Trinajstić information content (AvgIpc) is 3.12. The van der Waals surface area contributed by atoms with Crippen molar-refractivity contribution in [3.63, 3.8) is 0 Å². The molecule has 5 rings (SSSR count). The summed E-state index contributed by atoms with van der Waals surface area (Å²) in [5, 5.41) is 19.7. The number of thioether (sulfide) groups is 1. The average molecular weight is 429 g/mol. The third-order valence-electron chi connectivity index (χ3n) is 6.44. The van der Waals surface area contributed by atoms with Crippen LogP contribution in [-0.4, -0.2) is 39.9 Å². The summed E-state index contributed by atoms with van der Waals surface area (Å²) < 4.78 is 2.22. The zero-order valence-electron chi connectivity index (χ0n) is 16.5. The van der Waals surface area contributed by atoms with Gasteiger partial charge in [0.25, 0.3) is 0 Å². The molecule has 0 aliphatic carbocycles. The standard InChI is InChI=1S/C22H24N4OS.ClH/c1-22(14-27)7-9-25(10-8-22)21-17-13-28-11-6-15(17)16(12-23)20-24-18-4-2-3-5-19(18)26(20)21;/h2-5,27H,6-11,13-14H2,1H3;1H. The van der Waals surface area contributed by atoms with Crippen molar-refractivity contribution in [3.05, 3.63) is 41.0 Å². The molecule has 1 aromatic carbocycles. The third-order valence-corrected chi connectivity index (χ3v) is 7.42. The number of para-hydroxylation sites is 2. The van der Waals surface area contributed by atoms with Crippen LogP contribution < -0.4 is 4.90 Å². The summed E-state index contributed by atoms with van der Waals surface area (Å²) in [6.45, 7) is 4.26.